The SMILES string of the molecule is COc1ccc(OCCCCCCc2cnc(C)[nH]2)c(Cl)c1. The third kappa shape index (κ3) is 5.26. The average Bonchev–Trinajstić information content (AvgIpc) is 2.93. The number of aromatic amines is 1. The number of aryl methyl sites for hydroxylation is 2. The Morgan fingerprint density at radius 1 is 1.18 bits per heavy atom. The van der Waals surface area contributed by atoms with Crippen molar-refractivity contribution in [3.63, 3.8) is 0 Å². The van der Waals surface area contributed by atoms with E-state index in [9.17, 15) is 0 Å². The first-order valence-corrected chi connectivity index (χ1v) is 8.03. The first kappa shape index (κ1) is 16.7. The van der Waals surface area contributed by atoms with Gasteiger partial charge in [0.1, 0.15) is 17.3 Å². The Bertz CT molecular complexity index is 584. The molecule has 2 rings (SSSR count). The van der Waals surface area contributed by atoms with Gasteiger partial charge in [-0.05, 0) is 38.3 Å². The van der Waals surface area contributed by atoms with Crippen LogP contribution in [0.3, 0.4) is 0 Å². The van der Waals surface area contributed by atoms with E-state index in [1.165, 1.54) is 18.5 Å². The van der Waals surface area contributed by atoms with E-state index < -0.39 is 0 Å². The highest BCUT2D eigenvalue weighted by Gasteiger charge is 2.03. The zero-order chi connectivity index (χ0) is 15.8. The van der Waals surface area contributed by atoms with Gasteiger partial charge in [-0.25, -0.2) is 4.98 Å². The van der Waals surface area contributed by atoms with Crippen molar-refractivity contribution < 1.29 is 9.47 Å². The van der Waals surface area contributed by atoms with Crippen LogP contribution in [-0.2, 0) is 6.42 Å². The fourth-order valence-corrected chi connectivity index (χ4v) is 2.50. The van der Waals surface area contributed by atoms with Crippen molar-refractivity contribution in [1.29, 1.82) is 0 Å². The number of hydrogen-bond donors (Lipinski definition) is 1. The summed E-state index contributed by atoms with van der Waals surface area (Å²) in [6.07, 6.45) is 7.53. The van der Waals surface area contributed by atoms with Crippen molar-refractivity contribution >= 4 is 11.6 Å². The maximum Gasteiger partial charge on any atom is 0.138 e. The molecule has 0 bridgehead atoms. The Balaban J connectivity index is 1.57. The van der Waals surface area contributed by atoms with Crippen molar-refractivity contribution in [3.05, 3.63) is 40.9 Å². The van der Waals surface area contributed by atoms with Gasteiger partial charge in [-0.1, -0.05) is 24.4 Å². The van der Waals surface area contributed by atoms with Crippen LogP contribution < -0.4 is 9.47 Å². The van der Waals surface area contributed by atoms with Crippen LogP contribution in [-0.4, -0.2) is 23.7 Å². The molecule has 0 radical (unpaired) electrons. The van der Waals surface area contributed by atoms with E-state index in [0.29, 0.717) is 11.6 Å². The van der Waals surface area contributed by atoms with E-state index in [0.717, 1.165) is 36.6 Å². The number of unbranched alkanes of at least 4 members (excludes halogenated alkanes) is 3. The van der Waals surface area contributed by atoms with Crippen LogP contribution in [0, 0.1) is 6.92 Å². The van der Waals surface area contributed by atoms with Crippen molar-refractivity contribution in [1.82, 2.24) is 9.97 Å². The minimum atomic E-state index is 0.592. The van der Waals surface area contributed by atoms with Gasteiger partial charge in [-0.3, -0.25) is 0 Å². The summed E-state index contributed by atoms with van der Waals surface area (Å²) in [5, 5.41) is 0.592. The molecule has 120 valence electrons. The minimum Gasteiger partial charge on any atom is -0.497 e. The number of aromatic nitrogens is 2. The lowest BCUT2D eigenvalue weighted by Gasteiger charge is -2.09. The molecule has 0 aliphatic carbocycles. The maximum absolute atomic E-state index is 6.13. The van der Waals surface area contributed by atoms with E-state index in [1.807, 2.05) is 25.3 Å². The van der Waals surface area contributed by atoms with Gasteiger partial charge in [-0.2, -0.15) is 0 Å². The van der Waals surface area contributed by atoms with Gasteiger partial charge in [0.05, 0.1) is 18.7 Å². The van der Waals surface area contributed by atoms with Gasteiger partial charge in [0.25, 0.3) is 0 Å². The quantitative estimate of drug-likeness (QED) is 0.688. The van der Waals surface area contributed by atoms with Gasteiger partial charge in [0, 0.05) is 18.0 Å². The fourth-order valence-electron chi connectivity index (χ4n) is 2.28. The van der Waals surface area contributed by atoms with Crippen LogP contribution in [0.4, 0.5) is 0 Å². The Hall–Kier alpha value is -1.68. The fraction of sp³-hybridized carbons (Fsp3) is 0.471. The van der Waals surface area contributed by atoms with Crippen molar-refractivity contribution in [2.75, 3.05) is 13.7 Å². The number of ether oxygens (including phenoxy) is 2. The molecule has 1 aromatic carbocycles. The van der Waals surface area contributed by atoms with Crippen LogP contribution in [0.5, 0.6) is 11.5 Å². The summed E-state index contributed by atoms with van der Waals surface area (Å²) in [5.41, 5.74) is 1.22. The summed E-state index contributed by atoms with van der Waals surface area (Å²) in [6, 6.07) is 5.47. The van der Waals surface area contributed by atoms with Gasteiger partial charge < -0.3 is 14.5 Å². The smallest absolute Gasteiger partial charge is 0.138 e. The van der Waals surface area contributed by atoms with Crippen LogP contribution in [0.15, 0.2) is 24.4 Å². The summed E-state index contributed by atoms with van der Waals surface area (Å²) in [5.74, 6) is 2.45. The summed E-state index contributed by atoms with van der Waals surface area (Å²) < 4.78 is 10.8. The number of nitrogens with zero attached hydrogens (tertiary/aromatic N) is 1. The second-order valence-corrected chi connectivity index (χ2v) is 5.71. The van der Waals surface area contributed by atoms with E-state index >= 15 is 0 Å². The molecule has 0 aliphatic heterocycles. The van der Waals surface area contributed by atoms with E-state index in [1.54, 1.807) is 13.2 Å². The van der Waals surface area contributed by atoms with E-state index in [2.05, 4.69) is 9.97 Å². The third-order valence-electron chi connectivity index (χ3n) is 3.49. The molecule has 0 saturated heterocycles. The third-order valence-corrected chi connectivity index (χ3v) is 3.79. The normalized spacial score (nSPS) is 10.7. The van der Waals surface area contributed by atoms with Gasteiger partial charge in [0.2, 0.25) is 0 Å². The second-order valence-electron chi connectivity index (χ2n) is 5.30. The lowest BCUT2D eigenvalue weighted by atomic mass is 10.1. The molecule has 0 fully saturated rings. The summed E-state index contributed by atoms with van der Waals surface area (Å²) in [6.45, 7) is 2.67. The molecule has 22 heavy (non-hydrogen) atoms. The Kier molecular flexibility index (Phi) is 6.59. The monoisotopic (exact) mass is 322 g/mol. The molecule has 0 saturated carbocycles. The van der Waals surface area contributed by atoms with Crippen LogP contribution >= 0.6 is 11.6 Å². The molecule has 5 heteroatoms. The first-order chi connectivity index (χ1) is 10.7. The molecule has 4 nitrogen and oxygen atoms in total. The number of benzene rings is 1. The molecule has 1 N–H and O–H groups in total. The largest absolute Gasteiger partial charge is 0.497 e. The lowest BCUT2D eigenvalue weighted by molar-refractivity contribution is 0.304. The number of H-pyrrole nitrogens is 1. The highest BCUT2D eigenvalue weighted by Crippen LogP contribution is 2.28. The van der Waals surface area contributed by atoms with Crippen LogP contribution in [0.25, 0.3) is 0 Å². The number of methoxy groups -OCH3 is 1. The predicted molar refractivity (Wildman–Crippen MR) is 89.0 cm³/mol. The molecular weight excluding hydrogens is 300 g/mol. The molecule has 0 atom stereocenters. The molecule has 1 heterocycles. The van der Waals surface area contributed by atoms with Gasteiger partial charge >= 0.3 is 0 Å². The molecule has 2 aromatic rings. The van der Waals surface area contributed by atoms with Crippen LogP contribution in [0.1, 0.15) is 37.2 Å². The molecule has 0 spiro atoms. The van der Waals surface area contributed by atoms with Crippen molar-refractivity contribution in [2.45, 2.75) is 39.0 Å². The summed E-state index contributed by atoms with van der Waals surface area (Å²) in [7, 11) is 1.62. The van der Waals surface area contributed by atoms with Gasteiger partial charge in [0.15, 0.2) is 0 Å². The lowest BCUT2D eigenvalue weighted by Crippen LogP contribution is -1.98. The standard InChI is InChI=1S/C17H23ClN2O2/c1-13-19-12-14(20-13)7-5-3-4-6-10-22-17-9-8-15(21-2)11-16(17)18/h8-9,11-12H,3-7,10H2,1-2H3,(H,19,20). The van der Waals surface area contributed by atoms with Crippen molar-refractivity contribution in [2.24, 2.45) is 0 Å². The molecule has 0 aliphatic rings. The molecule has 0 amide bonds. The Labute approximate surface area is 136 Å². The van der Waals surface area contributed by atoms with Gasteiger partial charge in [-0.15, -0.1) is 0 Å². The highest BCUT2D eigenvalue weighted by atomic mass is 35.5. The number of nitrogens with one attached hydrogen (secondary N) is 1. The van der Waals surface area contributed by atoms with E-state index in [4.69, 9.17) is 21.1 Å². The number of halogens is 1. The zero-order valence-corrected chi connectivity index (χ0v) is 13.9. The first-order valence-electron chi connectivity index (χ1n) is 7.66. The van der Waals surface area contributed by atoms with E-state index in [-0.39, 0.29) is 0 Å². The predicted octanol–water partition coefficient (Wildman–Crippen LogP) is 4.56. The number of hydrogen-bond acceptors (Lipinski definition) is 3. The van der Waals surface area contributed by atoms with Crippen LogP contribution in [0.2, 0.25) is 5.02 Å². The topological polar surface area (TPSA) is 47.1 Å². The Morgan fingerprint density at radius 2 is 2.00 bits per heavy atom. The molecular formula is C17H23ClN2O2. The number of rotatable bonds is 9. The summed E-state index contributed by atoms with van der Waals surface area (Å²) in [4.78, 5) is 7.46. The minimum absolute atomic E-state index is 0.592. The Morgan fingerprint density at radius 3 is 2.68 bits per heavy atom. The average molecular weight is 323 g/mol. The van der Waals surface area contributed by atoms with Crippen molar-refractivity contribution in [3.8, 4) is 11.5 Å². The second kappa shape index (κ2) is 8.69. The number of imidazole rings is 1. The highest BCUT2D eigenvalue weighted by molar-refractivity contribution is 6.32. The maximum atomic E-state index is 6.13. The molecule has 0 unspecified atom stereocenters. The molecule has 1 aromatic heterocycles. The zero-order valence-electron chi connectivity index (χ0n) is 13.2. The summed E-state index contributed by atoms with van der Waals surface area (Å²) >= 11 is 6.13.